The highest BCUT2D eigenvalue weighted by molar-refractivity contribution is 9.09. The molecule has 0 spiro atoms. The lowest BCUT2D eigenvalue weighted by atomic mass is 10.0. The number of halogens is 1. The maximum atomic E-state index is 12.0. The quantitative estimate of drug-likeness (QED) is 0.830. The molecule has 1 aliphatic carbocycles. The molecule has 1 saturated carbocycles. The zero-order chi connectivity index (χ0) is 12.3. The SMILES string of the molecule is CC(C(=O)NC(CBr)c1ccccc1)C1CC1. The second kappa shape index (κ2) is 5.67. The summed E-state index contributed by atoms with van der Waals surface area (Å²) in [5, 5.41) is 3.87. The minimum Gasteiger partial charge on any atom is -0.348 e. The third kappa shape index (κ3) is 3.32. The van der Waals surface area contributed by atoms with E-state index in [0.717, 1.165) is 10.9 Å². The van der Waals surface area contributed by atoms with Crippen LogP contribution in [0.5, 0.6) is 0 Å². The highest BCUT2D eigenvalue weighted by Crippen LogP contribution is 2.36. The number of benzene rings is 1. The maximum absolute atomic E-state index is 12.0. The van der Waals surface area contributed by atoms with Crippen LogP contribution in [0.15, 0.2) is 30.3 Å². The average Bonchev–Trinajstić information content (AvgIpc) is 3.20. The average molecular weight is 296 g/mol. The number of hydrogen-bond acceptors (Lipinski definition) is 1. The predicted molar refractivity (Wildman–Crippen MR) is 73.0 cm³/mol. The van der Waals surface area contributed by atoms with E-state index in [-0.39, 0.29) is 17.9 Å². The predicted octanol–water partition coefficient (Wildman–Crippen LogP) is 3.28. The first-order chi connectivity index (χ1) is 8.22. The van der Waals surface area contributed by atoms with Crippen molar-refractivity contribution in [1.29, 1.82) is 0 Å². The number of hydrogen-bond donors (Lipinski definition) is 1. The second-order valence-electron chi connectivity index (χ2n) is 4.75. The van der Waals surface area contributed by atoms with Gasteiger partial charge in [0, 0.05) is 11.2 Å². The standard InChI is InChI=1S/C14H18BrNO/c1-10(11-7-8-11)14(17)16-13(9-15)12-5-3-2-4-6-12/h2-6,10-11,13H,7-9H2,1H3,(H,16,17). The van der Waals surface area contributed by atoms with E-state index in [2.05, 4.69) is 21.2 Å². The molecule has 0 heterocycles. The molecule has 2 nitrogen and oxygen atoms in total. The van der Waals surface area contributed by atoms with Gasteiger partial charge >= 0.3 is 0 Å². The van der Waals surface area contributed by atoms with Gasteiger partial charge in [0.05, 0.1) is 6.04 Å². The Morgan fingerprint density at radius 1 is 1.41 bits per heavy atom. The van der Waals surface area contributed by atoms with Crippen molar-refractivity contribution < 1.29 is 4.79 Å². The molecule has 0 aromatic heterocycles. The number of carbonyl (C=O) groups excluding carboxylic acids is 1. The summed E-state index contributed by atoms with van der Waals surface area (Å²) in [6.07, 6.45) is 2.41. The van der Waals surface area contributed by atoms with Crippen LogP contribution >= 0.6 is 15.9 Å². The Hall–Kier alpha value is -0.830. The van der Waals surface area contributed by atoms with Gasteiger partial charge in [-0.2, -0.15) is 0 Å². The number of nitrogens with one attached hydrogen (secondary N) is 1. The smallest absolute Gasteiger partial charge is 0.223 e. The first-order valence-corrected chi connectivity index (χ1v) is 7.25. The molecule has 2 atom stereocenters. The van der Waals surface area contributed by atoms with E-state index < -0.39 is 0 Å². The molecule has 1 N–H and O–H groups in total. The van der Waals surface area contributed by atoms with Crippen LogP contribution in [0, 0.1) is 11.8 Å². The number of amides is 1. The van der Waals surface area contributed by atoms with E-state index >= 15 is 0 Å². The van der Waals surface area contributed by atoms with Crippen LogP contribution in [-0.4, -0.2) is 11.2 Å². The van der Waals surface area contributed by atoms with Crippen LogP contribution < -0.4 is 5.32 Å². The molecule has 0 saturated heterocycles. The van der Waals surface area contributed by atoms with Gasteiger partial charge in [0.15, 0.2) is 0 Å². The van der Waals surface area contributed by atoms with E-state index in [9.17, 15) is 4.79 Å². The lowest BCUT2D eigenvalue weighted by Crippen LogP contribution is -2.34. The number of rotatable bonds is 5. The van der Waals surface area contributed by atoms with E-state index in [4.69, 9.17) is 0 Å². The lowest BCUT2D eigenvalue weighted by molar-refractivity contribution is -0.125. The number of alkyl halides is 1. The van der Waals surface area contributed by atoms with Crippen LogP contribution in [0.1, 0.15) is 31.4 Å². The molecule has 1 fully saturated rings. The summed E-state index contributed by atoms with van der Waals surface area (Å²) in [6, 6.07) is 10.2. The van der Waals surface area contributed by atoms with Crippen LogP contribution in [0.2, 0.25) is 0 Å². The van der Waals surface area contributed by atoms with Crippen molar-refractivity contribution in [3.63, 3.8) is 0 Å². The minimum atomic E-state index is 0.0740. The first-order valence-electron chi connectivity index (χ1n) is 6.13. The molecule has 0 radical (unpaired) electrons. The zero-order valence-electron chi connectivity index (χ0n) is 10.0. The molecule has 0 aliphatic heterocycles. The topological polar surface area (TPSA) is 29.1 Å². The van der Waals surface area contributed by atoms with Crippen molar-refractivity contribution in [2.45, 2.75) is 25.8 Å². The molecule has 2 unspecified atom stereocenters. The molecule has 92 valence electrons. The fourth-order valence-electron chi connectivity index (χ4n) is 2.01. The van der Waals surface area contributed by atoms with Crippen LogP contribution in [0.4, 0.5) is 0 Å². The third-order valence-corrected chi connectivity index (χ3v) is 4.06. The van der Waals surface area contributed by atoms with E-state index in [1.165, 1.54) is 12.8 Å². The summed E-state index contributed by atoms with van der Waals surface area (Å²) < 4.78 is 0. The summed E-state index contributed by atoms with van der Waals surface area (Å²) in [7, 11) is 0. The Balaban J connectivity index is 1.97. The summed E-state index contributed by atoms with van der Waals surface area (Å²) in [4.78, 5) is 12.0. The largest absolute Gasteiger partial charge is 0.348 e. The Bertz CT molecular complexity index is 375. The van der Waals surface area contributed by atoms with Gasteiger partial charge in [-0.3, -0.25) is 4.79 Å². The Kier molecular flexibility index (Phi) is 4.21. The van der Waals surface area contributed by atoms with Gasteiger partial charge in [0.1, 0.15) is 0 Å². The molecule has 17 heavy (non-hydrogen) atoms. The first kappa shape index (κ1) is 12.6. The molecular formula is C14H18BrNO. The van der Waals surface area contributed by atoms with Gasteiger partial charge < -0.3 is 5.32 Å². The summed E-state index contributed by atoms with van der Waals surface area (Å²) in [5.74, 6) is 0.947. The monoisotopic (exact) mass is 295 g/mol. The van der Waals surface area contributed by atoms with Crippen molar-refractivity contribution in [3.8, 4) is 0 Å². The normalized spacial score (nSPS) is 18.5. The summed E-state index contributed by atoms with van der Waals surface area (Å²) in [5.41, 5.74) is 1.15. The molecule has 3 heteroatoms. The van der Waals surface area contributed by atoms with Crippen molar-refractivity contribution in [3.05, 3.63) is 35.9 Å². The van der Waals surface area contributed by atoms with Crippen molar-refractivity contribution >= 4 is 21.8 Å². The van der Waals surface area contributed by atoms with Gasteiger partial charge in [0.2, 0.25) is 5.91 Å². The van der Waals surface area contributed by atoms with Crippen LogP contribution in [0.3, 0.4) is 0 Å². The molecule has 0 bridgehead atoms. The Morgan fingerprint density at radius 3 is 2.59 bits per heavy atom. The third-order valence-electron chi connectivity index (χ3n) is 3.42. The van der Waals surface area contributed by atoms with Gasteiger partial charge in [-0.1, -0.05) is 53.2 Å². The zero-order valence-corrected chi connectivity index (χ0v) is 11.6. The second-order valence-corrected chi connectivity index (χ2v) is 5.40. The Morgan fingerprint density at radius 2 is 2.06 bits per heavy atom. The number of carbonyl (C=O) groups is 1. The molecule has 1 aromatic carbocycles. The molecular weight excluding hydrogens is 278 g/mol. The maximum Gasteiger partial charge on any atom is 0.223 e. The molecule has 1 aliphatic rings. The molecule has 2 rings (SSSR count). The van der Waals surface area contributed by atoms with Crippen LogP contribution in [-0.2, 0) is 4.79 Å². The van der Waals surface area contributed by atoms with Gasteiger partial charge in [-0.15, -0.1) is 0 Å². The van der Waals surface area contributed by atoms with Gasteiger partial charge in [0.25, 0.3) is 0 Å². The van der Waals surface area contributed by atoms with Gasteiger partial charge in [-0.25, -0.2) is 0 Å². The summed E-state index contributed by atoms with van der Waals surface area (Å²) in [6.45, 7) is 2.03. The highest BCUT2D eigenvalue weighted by Gasteiger charge is 2.33. The van der Waals surface area contributed by atoms with Gasteiger partial charge in [-0.05, 0) is 24.3 Å². The molecule has 1 aromatic rings. The summed E-state index contributed by atoms with van der Waals surface area (Å²) >= 11 is 3.47. The van der Waals surface area contributed by atoms with Crippen molar-refractivity contribution in [1.82, 2.24) is 5.32 Å². The van der Waals surface area contributed by atoms with Crippen molar-refractivity contribution in [2.75, 3.05) is 5.33 Å². The Labute approximate surface area is 111 Å². The van der Waals surface area contributed by atoms with E-state index in [1.54, 1.807) is 0 Å². The fraction of sp³-hybridized carbons (Fsp3) is 0.500. The van der Waals surface area contributed by atoms with E-state index in [0.29, 0.717) is 5.92 Å². The van der Waals surface area contributed by atoms with Crippen molar-refractivity contribution in [2.24, 2.45) is 11.8 Å². The molecule has 1 amide bonds. The van der Waals surface area contributed by atoms with Crippen LogP contribution in [0.25, 0.3) is 0 Å². The fourth-order valence-corrected chi connectivity index (χ4v) is 2.55. The van der Waals surface area contributed by atoms with E-state index in [1.807, 2.05) is 37.3 Å². The lowest BCUT2D eigenvalue weighted by Gasteiger charge is -2.19. The highest BCUT2D eigenvalue weighted by atomic mass is 79.9. The minimum absolute atomic E-state index is 0.0740.